The minimum absolute atomic E-state index is 0.0207. The molecule has 1 aliphatic carbocycles. The third-order valence-corrected chi connectivity index (χ3v) is 6.26. The second-order valence-electron chi connectivity index (χ2n) is 8.02. The van der Waals surface area contributed by atoms with Crippen molar-refractivity contribution in [1.82, 2.24) is 5.32 Å². The number of anilines is 1. The number of nitrogens with zero attached hydrogens (tertiary/aromatic N) is 1. The summed E-state index contributed by atoms with van der Waals surface area (Å²) in [4.78, 5) is 42.8. The second kappa shape index (κ2) is 12.6. The third kappa shape index (κ3) is 6.96. The molecular formula is C25H27Cl2N3O5. The lowest BCUT2D eigenvalue weighted by Crippen LogP contribution is -2.48. The van der Waals surface area contributed by atoms with Gasteiger partial charge in [0.1, 0.15) is 18.9 Å². The summed E-state index contributed by atoms with van der Waals surface area (Å²) < 4.78 is 5.16. The molecule has 3 rings (SSSR count). The quantitative estimate of drug-likeness (QED) is 0.270. The average molecular weight is 520 g/mol. The van der Waals surface area contributed by atoms with E-state index in [0.29, 0.717) is 5.69 Å². The molecule has 2 N–H and O–H groups in total. The third-order valence-electron chi connectivity index (χ3n) is 5.63. The van der Waals surface area contributed by atoms with Crippen molar-refractivity contribution in [1.29, 1.82) is 0 Å². The van der Waals surface area contributed by atoms with Crippen LogP contribution in [0.25, 0.3) is 0 Å². The molecule has 1 aliphatic rings. The standard InChI is InChI=1S/C25H27Cl2N3O5/c1-3-35-25(33)20(29-24(32)22(30-34-2)16-6-4-7-16)14-15-10-12-17(13-11-15)28-23(31)21-18(26)8-5-9-19(21)27/h5,8-13,16,20H,3-4,6-7,14H2,1-2H3,(H,28,31)(H,29,32)/t20-/m0/s1. The fourth-order valence-electron chi connectivity index (χ4n) is 3.62. The molecule has 0 aliphatic heterocycles. The van der Waals surface area contributed by atoms with Gasteiger partial charge in [0.2, 0.25) is 0 Å². The van der Waals surface area contributed by atoms with Crippen LogP contribution in [0, 0.1) is 5.92 Å². The lowest BCUT2D eigenvalue weighted by Gasteiger charge is -2.26. The Kier molecular flexibility index (Phi) is 9.51. The van der Waals surface area contributed by atoms with E-state index >= 15 is 0 Å². The van der Waals surface area contributed by atoms with Crippen LogP contribution in [0.4, 0.5) is 5.69 Å². The number of amides is 2. The molecule has 10 heteroatoms. The van der Waals surface area contributed by atoms with Crippen molar-refractivity contribution in [3.8, 4) is 0 Å². The van der Waals surface area contributed by atoms with Crippen LogP contribution < -0.4 is 10.6 Å². The topological polar surface area (TPSA) is 106 Å². The number of halogens is 2. The van der Waals surface area contributed by atoms with Gasteiger partial charge in [0, 0.05) is 18.0 Å². The average Bonchev–Trinajstić information content (AvgIpc) is 2.78. The number of rotatable bonds is 10. The lowest BCUT2D eigenvalue weighted by molar-refractivity contribution is -0.146. The summed E-state index contributed by atoms with van der Waals surface area (Å²) in [7, 11) is 1.38. The van der Waals surface area contributed by atoms with Crippen molar-refractivity contribution in [2.24, 2.45) is 11.1 Å². The van der Waals surface area contributed by atoms with E-state index in [1.54, 1.807) is 49.4 Å². The van der Waals surface area contributed by atoms with Crippen LogP contribution in [-0.2, 0) is 25.6 Å². The van der Waals surface area contributed by atoms with Gasteiger partial charge in [-0.15, -0.1) is 0 Å². The van der Waals surface area contributed by atoms with Gasteiger partial charge in [-0.1, -0.05) is 53.0 Å². The largest absolute Gasteiger partial charge is 0.464 e. The first-order chi connectivity index (χ1) is 16.8. The van der Waals surface area contributed by atoms with E-state index in [4.69, 9.17) is 32.8 Å². The van der Waals surface area contributed by atoms with Crippen LogP contribution in [0.3, 0.4) is 0 Å². The summed E-state index contributed by atoms with van der Waals surface area (Å²) in [6, 6.07) is 10.8. The molecule has 0 spiro atoms. The van der Waals surface area contributed by atoms with Crippen molar-refractivity contribution in [2.75, 3.05) is 19.0 Å². The highest BCUT2D eigenvalue weighted by Crippen LogP contribution is 2.28. The Morgan fingerprint density at radius 2 is 1.74 bits per heavy atom. The molecule has 2 amide bonds. The summed E-state index contributed by atoms with van der Waals surface area (Å²) in [6.45, 7) is 1.88. The van der Waals surface area contributed by atoms with Gasteiger partial charge in [0.25, 0.3) is 11.8 Å². The van der Waals surface area contributed by atoms with E-state index in [1.807, 2.05) is 0 Å². The number of esters is 1. The number of oxime groups is 1. The van der Waals surface area contributed by atoms with Gasteiger partial charge in [0.05, 0.1) is 22.2 Å². The van der Waals surface area contributed by atoms with E-state index in [9.17, 15) is 14.4 Å². The smallest absolute Gasteiger partial charge is 0.328 e. The predicted octanol–water partition coefficient (Wildman–Crippen LogP) is 4.64. The van der Waals surface area contributed by atoms with E-state index in [2.05, 4.69) is 15.8 Å². The van der Waals surface area contributed by atoms with Gasteiger partial charge in [0.15, 0.2) is 0 Å². The highest BCUT2D eigenvalue weighted by atomic mass is 35.5. The zero-order chi connectivity index (χ0) is 25.4. The lowest BCUT2D eigenvalue weighted by atomic mass is 9.81. The molecule has 0 aromatic heterocycles. The molecule has 2 aromatic carbocycles. The van der Waals surface area contributed by atoms with Crippen molar-refractivity contribution >= 4 is 52.4 Å². The molecule has 2 aromatic rings. The number of benzene rings is 2. The Morgan fingerprint density at radius 1 is 1.09 bits per heavy atom. The zero-order valence-corrected chi connectivity index (χ0v) is 21.0. The highest BCUT2D eigenvalue weighted by molar-refractivity contribution is 6.40. The van der Waals surface area contributed by atoms with Crippen molar-refractivity contribution in [3.05, 3.63) is 63.6 Å². The Bertz CT molecular complexity index is 1080. The minimum Gasteiger partial charge on any atom is -0.464 e. The summed E-state index contributed by atoms with van der Waals surface area (Å²) >= 11 is 12.2. The Balaban J connectivity index is 1.70. The summed E-state index contributed by atoms with van der Waals surface area (Å²) in [5.74, 6) is -1.41. The molecule has 1 saturated carbocycles. The zero-order valence-electron chi connectivity index (χ0n) is 19.5. The fraction of sp³-hybridized carbons (Fsp3) is 0.360. The highest BCUT2D eigenvalue weighted by Gasteiger charge is 2.32. The molecule has 1 fully saturated rings. The number of carbonyl (C=O) groups is 3. The van der Waals surface area contributed by atoms with E-state index in [1.165, 1.54) is 7.11 Å². The maximum Gasteiger partial charge on any atom is 0.328 e. The Hall–Kier alpha value is -3.10. The van der Waals surface area contributed by atoms with Gasteiger partial charge in [-0.2, -0.15) is 0 Å². The number of hydrogen-bond donors (Lipinski definition) is 2. The van der Waals surface area contributed by atoms with Crippen LogP contribution in [0.15, 0.2) is 47.6 Å². The van der Waals surface area contributed by atoms with Crippen LogP contribution in [0.1, 0.15) is 42.1 Å². The molecular weight excluding hydrogens is 493 g/mol. The molecule has 186 valence electrons. The number of hydrogen-bond acceptors (Lipinski definition) is 6. The van der Waals surface area contributed by atoms with E-state index in [-0.39, 0.29) is 40.3 Å². The van der Waals surface area contributed by atoms with E-state index in [0.717, 1.165) is 24.8 Å². The molecule has 0 saturated heterocycles. The maximum atomic E-state index is 12.8. The van der Waals surface area contributed by atoms with Crippen LogP contribution in [0.2, 0.25) is 10.0 Å². The minimum atomic E-state index is -0.910. The summed E-state index contributed by atoms with van der Waals surface area (Å²) in [6.07, 6.45) is 2.92. The van der Waals surface area contributed by atoms with Crippen LogP contribution in [0.5, 0.6) is 0 Å². The molecule has 1 atom stereocenters. The first-order valence-electron chi connectivity index (χ1n) is 11.3. The number of carbonyl (C=O) groups excluding carboxylic acids is 3. The van der Waals surface area contributed by atoms with Gasteiger partial charge in [-0.25, -0.2) is 4.79 Å². The SMILES string of the molecule is CCOC(=O)[C@H](Cc1ccc(NC(=O)c2c(Cl)cccc2Cl)cc1)NC(=O)C(=NOC)C1CCC1. The molecule has 0 bridgehead atoms. The number of ether oxygens (including phenoxy) is 1. The first-order valence-corrected chi connectivity index (χ1v) is 12.0. The first kappa shape index (κ1) is 26.5. The second-order valence-corrected chi connectivity index (χ2v) is 8.83. The van der Waals surface area contributed by atoms with Crippen molar-refractivity contribution in [3.63, 3.8) is 0 Å². The maximum absolute atomic E-state index is 12.8. The molecule has 8 nitrogen and oxygen atoms in total. The monoisotopic (exact) mass is 519 g/mol. The predicted molar refractivity (Wildman–Crippen MR) is 135 cm³/mol. The fourth-order valence-corrected chi connectivity index (χ4v) is 4.19. The van der Waals surface area contributed by atoms with Crippen molar-refractivity contribution < 1.29 is 24.0 Å². The molecule has 0 radical (unpaired) electrons. The Morgan fingerprint density at radius 3 is 2.29 bits per heavy atom. The van der Waals surface area contributed by atoms with Gasteiger partial charge < -0.3 is 20.2 Å². The van der Waals surface area contributed by atoms with Crippen LogP contribution in [-0.4, -0.2) is 43.3 Å². The normalized spacial score (nSPS) is 14.5. The molecule has 0 heterocycles. The summed E-state index contributed by atoms with van der Waals surface area (Å²) in [5.41, 5.74) is 1.74. The van der Waals surface area contributed by atoms with Crippen molar-refractivity contribution in [2.45, 2.75) is 38.6 Å². The summed E-state index contributed by atoms with van der Waals surface area (Å²) in [5, 5.41) is 9.87. The van der Waals surface area contributed by atoms with Gasteiger partial charge in [-0.3, -0.25) is 9.59 Å². The molecule has 0 unspecified atom stereocenters. The van der Waals surface area contributed by atoms with E-state index < -0.39 is 23.8 Å². The number of nitrogens with one attached hydrogen (secondary N) is 2. The molecule has 35 heavy (non-hydrogen) atoms. The van der Waals surface area contributed by atoms with Crippen LogP contribution >= 0.6 is 23.2 Å². The van der Waals surface area contributed by atoms with Gasteiger partial charge in [-0.05, 0) is 49.6 Å². The Labute approximate surface area is 213 Å². The van der Waals surface area contributed by atoms with Gasteiger partial charge >= 0.3 is 5.97 Å².